The van der Waals surface area contributed by atoms with Crippen LogP contribution in [0.15, 0.2) is 16.5 Å². The maximum absolute atomic E-state index is 5.88. The van der Waals surface area contributed by atoms with Crippen molar-refractivity contribution in [2.24, 2.45) is 11.1 Å². The summed E-state index contributed by atoms with van der Waals surface area (Å²) in [6.07, 6.45) is 4.70. The molecule has 3 nitrogen and oxygen atoms in total. The number of rotatable bonds is 5. The molecule has 1 saturated carbocycles. The standard InChI is InChI=1S/C15H26N2O/c1-4-12-5-6-14(18-12)13(10-16)17-11-7-8-15(2,3)9-11/h5-6,11,13,17H,4,7-10,16H2,1-3H3. The second-order valence-corrected chi connectivity index (χ2v) is 6.22. The Kier molecular flexibility index (Phi) is 4.13. The van der Waals surface area contributed by atoms with Gasteiger partial charge in [0.15, 0.2) is 0 Å². The summed E-state index contributed by atoms with van der Waals surface area (Å²) in [4.78, 5) is 0. The highest BCUT2D eigenvalue weighted by atomic mass is 16.3. The van der Waals surface area contributed by atoms with Crippen LogP contribution in [-0.2, 0) is 6.42 Å². The van der Waals surface area contributed by atoms with Crippen LogP contribution in [0.25, 0.3) is 0 Å². The molecular weight excluding hydrogens is 224 g/mol. The molecular formula is C15H26N2O. The van der Waals surface area contributed by atoms with Crippen LogP contribution in [0.4, 0.5) is 0 Å². The highest BCUT2D eigenvalue weighted by Gasteiger charge is 2.32. The summed E-state index contributed by atoms with van der Waals surface area (Å²) in [5.74, 6) is 2.02. The van der Waals surface area contributed by atoms with E-state index in [1.165, 1.54) is 19.3 Å². The number of furan rings is 1. The third kappa shape index (κ3) is 3.15. The molecule has 0 aromatic carbocycles. The van der Waals surface area contributed by atoms with Crippen molar-refractivity contribution in [3.8, 4) is 0 Å². The van der Waals surface area contributed by atoms with Crippen LogP contribution in [0.3, 0.4) is 0 Å². The molecule has 102 valence electrons. The number of nitrogens with one attached hydrogen (secondary N) is 1. The first-order valence-electron chi connectivity index (χ1n) is 7.09. The molecule has 0 amide bonds. The second-order valence-electron chi connectivity index (χ2n) is 6.22. The van der Waals surface area contributed by atoms with E-state index in [4.69, 9.17) is 10.2 Å². The van der Waals surface area contributed by atoms with Gasteiger partial charge in [0.05, 0.1) is 6.04 Å². The van der Waals surface area contributed by atoms with E-state index in [2.05, 4.69) is 38.2 Å². The molecule has 1 aromatic rings. The van der Waals surface area contributed by atoms with Gasteiger partial charge < -0.3 is 15.5 Å². The van der Waals surface area contributed by atoms with Crippen molar-refractivity contribution in [3.05, 3.63) is 23.7 Å². The second kappa shape index (κ2) is 5.45. The smallest absolute Gasteiger partial charge is 0.122 e. The fourth-order valence-corrected chi connectivity index (χ4v) is 2.90. The number of hydrogen-bond acceptors (Lipinski definition) is 3. The highest BCUT2D eigenvalue weighted by molar-refractivity contribution is 5.11. The maximum atomic E-state index is 5.88. The summed E-state index contributed by atoms with van der Waals surface area (Å²) in [6.45, 7) is 7.38. The molecule has 1 aliphatic carbocycles. The minimum absolute atomic E-state index is 0.157. The Morgan fingerprint density at radius 3 is 2.78 bits per heavy atom. The Morgan fingerprint density at radius 1 is 1.50 bits per heavy atom. The van der Waals surface area contributed by atoms with E-state index in [0.29, 0.717) is 18.0 Å². The van der Waals surface area contributed by atoms with Crippen LogP contribution in [-0.4, -0.2) is 12.6 Å². The molecule has 1 fully saturated rings. The maximum Gasteiger partial charge on any atom is 0.122 e. The Morgan fingerprint density at radius 2 is 2.28 bits per heavy atom. The lowest BCUT2D eigenvalue weighted by molar-refractivity contribution is 0.333. The van der Waals surface area contributed by atoms with E-state index in [1.54, 1.807) is 0 Å². The van der Waals surface area contributed by atoms with Gasteiger partial charge in [0, 0.05) is 19.0 Å². The van der Waals surface area contributed by atoms with Crippen molar-refractivity contribution in [2.45, 2.75) is 58.5 Å². The number of nitrogens with two attached hydrogens (primary N) is 1. The van der Waals surface area contributed by atoms with Gasteiger partial charge in [-0.05, 0) is 36.8 Å². The lowest BCUT2D eigenvalue weighted by Crippen LogP contribution is -2.35. The number of hydrogen-bond donors (Lipinski definition) is 2. The van der Waals surface area contributed by atoms with E-state index < -0.39 is 0 Å². The molecule has 2 rings (SSSR count). The van der Waals surface area contributed by atoms with Gasteiger partial charge in [-0.1, -0.05) is 20.8 Å². The molecule has 1 aliphatic rings. The van der Waals surface area contributed by atoms with E-state index in [0.717, 1.165) is 17.9 Å². The van der Waals surface area contributed by atoms with E-state index >= 15 is 0 Å². The predicted molar refractivity (Wildman–Crippen MR) is 74.4 cm³/mol. The van der Waals surface area contributed by atoms with E-state index in [1.807, 2.05) is 0 Å². The molecule has 2 atom stereocenters. The lowest BCUT2D eigenvalue weighted by atomic mass is 9.92. The fourth-order valence-electron chi connectivity index (χ4n) is 2.90. The van der Waals surface area contributed by atoms with Gasteiger partial charge in [-0.3, -0.25) is 0 Å². The average Bonchev–Trinajstić information content (AvgIpc) is 2.92. The third-order valence-electron chi connectivity index (χ3n) is 4.02. The Bertz CT molecular complexity index is 384. The van der Waals surface area contributed by atoms with E-state index in [-0.39, 0.29) is 6.04 Å². The normalized spacial score (nSPS) is 24.3. The van der Waals surface area contributed by atoms with Gasteiger partial charge in [-0.2, -0.15) is 0 Å². The van der Waals surface area contributed by atoms with Crippen LogP contribution < -0.4 is 11.1 Å². The van der Waals surface area contributed by atoms with E-state index in [9.17, 15) is 0 Å². The molecule has 3 heteroatoms. The molecule has 1 heterocycles. The molecule has 0 aliphatic heterocycles. The van der Waals surface area contributed by atoms with Gasteiger partial charge in [0.25, 0.3) is 0 Å². The van der Waals surface area contributed by atoms with Crippen molar-refractivity contribution >= 4 is 0 Å². The van der Waals surface area contributed by atoms with Crippen LogP contribution >= 0.6 is 0 Å². The lowest BCUT2D eigenvalue weighted by Gasteiger charge is -2.22. The molecule has 0 spiro atoms. The minimum Gasteiger partial charge on any atom is -0.464 e. The van der Waals surface area contributed by atoms with Gasteiger partial charge in [0.1, 0.15) is 11.5 Å². The Labute approximate surface area is 110 Å². The van der Waals surface area contributed by atoms with Gasteiger partial charge in [0.2, 0.25) is 0 Å². The van der Waals surface area contributed by atoms with Crippen LogP contribution in [0.2, 0.25) is 0 Å². The zero-order valence-electron chi connectivity index (χ0n) is 11.8. The summed E-state index contributed by atoms with van der Waals surface area (Å²) in [5.41, 5.74) is 6.35. The van der Waals surface area contributed by atoms with Crippen molar-refractivity contribution in [1.82, 2.24) is 5.32 Å². The summed E-state index contributed by atoms with van der Waals surface area (Å²) in [7, 11) is 0. The van der Waals surface area contributed by atoms with Crippen molar-refractivity contribution < 1.29 is 4.42 Å². The van der Waals surface area contributed by atoms with Crippen molar-refractivity contribution in [3.63, 3.8) is 0 Å². The molecule has 0 bridgehead atoms. The highest BCUT2D eigenvalue weighted by Crippen LogP contribution is 2.37. The summed E-state index contributed by atoms with van der Waals surface area (Å²) < 4.78 is 5.81. The molecule has 18 heavy (non-hydrogen) atoms. The molecule has 0 saturated heterocycles. The SMILES string of the molecule is CCc1ccc(C(CN)NC2CCC(C)(C)C2)o1. The Balaban J connectivity index is 1.97. The number of aryl methyl sites for hydroxylation is 1. The predicted octanol–water partition coefficient (Wildman–Crippen LogP) is 3.01. The molecule has 3 N–H and O–H groups in total. The first-order chi connectivity index (χ1) is 8.54. The van der Waals surface area contributed by atoms with Gasteiger partial charge in [-0.25, -0.2) is 0 Å². The third-order valence-corrected chi connectivity index (χ3v) is 4.02. The monoisotopic (exact) mass is 250 g/mol. The van der Waals surface area contributed by atoms with Crippen molar-refractivity contribution in [1.29, 1.82) is 0 Å². The minimum atomic E-state index is 0.157. The van der Waals surface area contributed by atoms with Crippen LogP contribution in [0.5, 0.6) is 0 Å². The van der Waals surface area contributed by atoms with Gasteiger partial charge >= 0.3 is 0 Å². The zero-order valence-corrected chi connectivity index (χ0v) is 11.8. The topological polar surface area (TPSA) is 51.2 Å². The van der Waals surface area contributed by atoms with Crippen LogP contribution in [0, 0.1) is 5.41 Å². The first-order valence-corrected chi connectivity index (χ1v) is 7.09. The fraction of sp³-hybridized carbons (Fsp3) is 0.733. The first kappa shape index (κ1) is 13.6. The summed E-state index contributed by atoms with van der Waals surface area (Å²) in [5, 5.41) is 3.66. The largest absolute Gasteiger partial charge is 0.464 e. The zero-order chi connectivity index (χ0) is 13.2. The average molecular weight is 250 g/mol. The molecule has 1 aromatic heterocycles. The van der Waals surface area contributed by atoms with Crippen molar-refractivity contribution in [2.75, 3.05) is 6.54 Å². The van der Waals surface area contributed by atoms with Gasteiger partial charge in [-0.15, -0.1) is 0 Å². The van der Waals surface area contributed by atoms with Crippen LogP contribution in [0.1, 0.15) is 57.6 Å². The quantitative estimate of drug-likeness (QED) is 0.844. The Hall–Kier alpha value is -0.800. The summed E-state index contributed by atoms with van der Waals surface area (Å²) in [6, 6.07) is 4.84. The molecule has 0 radical (unpaired) electrons. The summed E-state index contributed by atoms with van der Waals surface area (Å²) >= 11 is 0. The molecule has 2 unspecified atom stereocenters.